The van der Waals surface area contributed by atoms with Gasteiger partial charge in [-0.2, -0.15) is 0 Å². The van der Waals surface area contributed by atoms with Crippen molar-refractivity contribution in [2.24, 2.45) is 0 Å². The molecule has 0 spiro atoms. The second-order valence-electron chi connectivity index (χ2n) is 14.5. The summed E-state index contributed by atoms with van der Waals surface area (Å²) in [7, 11) is 0. The Bertz CT molecular complexity index is 3070. The molecule has 1 aliphatic rings. The Balaban J connectivity index is 1.22. The number of benzene rings is 8. The summed E-state index contributed by atoms with van der Waals surface area (Å²) in [4.78, 5) is 2.56. The number of hydrogen-bond acceptors (Lipinski definition) is 3. The topological polar surface area (TPSA) is 3.24 Å². The van der Waals surface area contributed by atoms with Gasteiger partial charge in [-0.3, -0.25) is 0 Å². The second kappa shape index (κ2) is 11.1. The molecule has 0 atom stereocenters. The fourth-order valence-electron chi connectivity index (χ4n) is 8.82. The van der Waals surface area contributed by atoms with Gasteiger partial charge in [-0.15, -0.1) is 22.7 Å². The van der Waals surface area contributed by atoms with Crippen LogP contribution in [-0.2, 0) is 5.41 Å². The predicted octanol–water partition coefficient (Wildman–Crippen LogP) is 15.0. The van der Waals surface area contributed by atoms with Crippen molar-refractivity contribution >= 4 is 90.9 Å². The summed E-state index contributed by atoms with van der Waals surface area (Å²) in [5.74, 6) is 0. The average molecular weight is 700 g/mol. The number of rotatable bonds is 4. The lowest BCUT2D eigenvalue weighted by Crippen LogP contribution is -2.14. The molecule has 8 aromatic carbocycles. The molecular weight excluding hydrogens is 667 g/mol. The molecule has 0 radical (unpaired) electrons. The maximum Gasteiger partial charge on any atom is 0.0640 e. The van der Waals surface area contributed by atoms with E-state index in [1.54, 1.807) is 0 Å². The molecule has 0 saturated heterocycles. The minimum Gasteiger partial charge on any atom is -0.308 e. The van der Waals surface area contributed by atoms with Crippen LogP contribution in [0.15, 0.2) is 164 Å². The molecule has 11 rings (SSSR count). The van der Waals surface area contributed by atoms with Gasteiger partial charge in [-0.05, 0) is 75.0 Å². The van der Waals surface area contributed by atoms with Crippen LogP contribution in [0.2, 0.25) is 0 Å². The molecule has 0 amide bonds. The first kappa shape index (κ1) is 29.9. The Morgan fingerprint density at radius 3 is 2.00 bits per heavy atom. The van der Waals surface area contributed by atoms with Gasteiger partial charge in [0.15, 0.2) is 0 Å². The van der Waals surface area contributed by atoms with Crippen molar-refractivity contribution in [3.8, 4) is 22.3 Å². The third kappa shape index (κ3) is 4.21. The first-order valence-corrected chi connectivity index (χ1v) is 19.6. The normalized spacial score (nSPS) is 13.3. The van der Waals surface area contributed by atoms with E-state index < -0.39 is 0 Å². The summed E-state index contributed by atoms with van der Waals surface area (Å²) >= 11 is 3.79. The number of hydrogen-bond donors (Lipinski definition) is 0. The third-order valence-corrected chi connectivity index (χ3v) is 13.7. The van der Waals surface area contributed by atoms with Crippen molar-refractivity contribution < 1.29 is 0 Å². The van der Waals surface area contributed by atoms with Crippen molar-refractivity contribution in [2.75, 3.05) is 4.90 Å². The fraction of sp³-hybridized carbons (Fsp3) is 0.0612. The summed E-state index contributed by atoms with van der Waals surface area (Å²) in [5, 5.41) is 7.79. The fourth-order valence-corrected chi connectivity index (χ4v) is 11.3. The Morgan fingerprint density at radius 1 is 0.423 bits per heavy atom. The van der Waals surface area contributed by atoms with Crippen LogP contribution in [0.25, 0.3) is 73.4 Å². The van der Waals surface area contributed by atoms with Gasteiger partial charge in [0.2, 0.25) is 0 Å². The van der Waals surface area contributed by atoms with Crippen molar-refractivity contribution in [3.63, 3.8) is 0 Å². The van der Waals surface area contributed by atoms with Crippen LogP contribution in [0, 0.1) is 0 Å². The maximum atomic E-state index is 2.56. The van der Waals surface area contributed by atoms with Gasteiger partial charge < -0.3 is 4.90 Å². The smallest absolute Gasteiger partial charge is 0.0640 e. The van der Waals surface area contributed by atoms with Crippen LogP contribution in [0.3, 0.4) is 0 Å². The molecular formula is C49H33NS2. The minimum atomic E-state index is -0.0351. The minimum absolute atomic E-state index is 0.0351. The molecule has 52 heavy (non-hydrogen) atoms. The summed E-state index contributed by atoms with van der Waals surface area (Å²) < 4.78 is 5.24. The first-order valence-electron chi connectivity index (χ1n) is 17.9. The molecule has 2 heterocycles. The summed E-state index contributed by atoms with van der Waals surface area (Å²) in [6.45, 7) is 4.71. The molecule has 0 unspecified atom stereocenters. The molecule has 0 N–H and O–H groups in total. The predicted molar refractivity (Wildman–Crippen MR) is 227 cm³/mol. The Morgan fingerprint density at radius 2 is 1.08 bits per heavy atom. The lowest BCUT2D eigenvalue weighted by Gasteiger charge is -2.29. The van der Waals surface area contributed by atoms with Gasteiger partial charge in [0.1, 0.15) is 0 Å². The molecule has 3 heteroatoms. The zero-order chi connectivity index (χ0) is 34.6. The molecule has 1 aliphatic carbocycles. The number of fused-ring (bicyclic) bond motifs is 11. The first-order chi connectivity index (χ1) is 25.6. The van der Waals surface area contributed by atoms with E-state index in [0.29, 0.717) is 0 Å². The highest BCUT2D eigenvalue weighted by Crippen LogP contribution is 2.53. The van der Waals surface area contributed by atoms with Crippen molar-refractivity contribution in [2.45, 2.75) is 19.3 Å². The maximum absolute atomic E-state index is 2.56. The van der Waals surface area contributed by atoms with E-state index in [2.05, 4.69) is 183 Å². The SMILES string of the molecule is CC1(C)c2ccccc2-c2cc(-c3ccccc3N(c3cccc4c3sc3c5ccccc5ccc43)c3cccc4sc5ccccc5c34)ccc21. The number of para-hydroxylation sites is 1. The summed E-state index contributed by atoms with van der Waals surface area (Å²) in [6, 6.07) is 61.0. The van der Waals surface area contributed by atoms with Crippen molar-refractivity contribution in [1.29, 1.82) is 0 Å². The quantitative estimate of drug-likeness (QED) is 0.177. The van der Waals surface area contributed by atoms with Crippen LogP contribution in [0.1, 0.15) is 25.0 Å². The van der Waals surface area contributed by atoms with Gasteiger partial charge in [0.05, 0.1) is 21.8 Å². The largest absolute Gasteiger partial charge is 0.308 e. The number of nitrogens with zero attached hydrogens (tertiary/aromatic N) is 1. The molecule has 246 valence electrons. The van der Waals surface area contributed by atoms with Crippen LogP contribution in [-0.4, -0.2) is 0 Å². The van der Waals surface area contributed by atoms with E-state index in [0.717, 1.165) is 0 Å². The molecule has 10 aromatic rings. The lowest BCUT2D eigenvalue weighted by molar-refractivity contribution is 0.660. The van der Waals surface area contributed by atoms with E-state index in [9.17, 15) is 0 Å². The molecule has 0 aliphatic heterocycles. The number of thiophene rings is 2. The average Bonchev–Trinajstić information content (AvgIpc) is 3.84. The third-order valence-electron chi connectivity index (χ3n) is 11.3. The van der Waals surface area contributed by atoms with E-state index in [1.165, 1.54) is 102 Å². The van der Waals surface area contributed by atoms with E-state index in [-0.39, 0.29) is 5.41 Å². The monoisotopic (exact) mass is 699 g/mol. The van der Waals surface area contributed by atoms with Crippen molar-refractivity contribution in [1.82, 2.24) is 0 Å². The molecule has 2 aromatic heterocycles. The van der Waals surface area contributed by atoms with Gasteiger partial charge in [0, 0.05) is 46.6 Å². The highest BCUT2D eigenvalue weighted by atomic mass is 32.1. The Labute approximate surface area is 310 Å². The van der Waals surface area contributed by atoms with Gasteiger partial charge in [-0.25, -0.2) is 0 Å². The highest BCUT2D eigenvalue weighted by molar-refractivity contribution is 7.27. The molecule has 1 nitrogen and oxygen atoms in total. The Kier molecular flexibility index (Phi) is 6.41. The summed E-state index contributed by atoms with van der Waals surface area (Å²) in [5.41, 5.74) is 11.4. The number of anilines is 3. The summed E-state index contributed by atoms with van der Waals surface area (Å²) in [6.07, 6.45) is 0. The molecule has 0 saturated carbocycles. The van der Waals surface area contributed by atoms with Crippen LogP contribution in [0.4, 0.5) is 17.1 Å². The Hall–Kier alpha value is -5.74. The second-order valence-corrected chi connectivity index (χ2v) is 16.6. The van der Waals surface area contributed by atoms with E-state index in [1.807, 2.05) is 22.7 Å². The van der Waals surface area contributed by atoms with Crippen LogP contribution >= 0.6 is 22.7 Å². The van der Waals surface area contributed by atoms with E-state index >= 15 is 0 Å². The molecule has 0 bridgehead atoms. The van der Waals surface area contributed by atoms with Gasteiger partial charge >= 0.3 is 0 Å². The molecule has 0 fully saturated rings. The van der Waals surface area contributed by atoms with Crippen LogP contribution in [0.5, 0.6) is 0 Å². The van der Waals surface area contributed by atoms with E-state index in [4.69, 9.17) is 0 Å². The van der Waals surface area contributed by atoms with Gasteiger partial charge in [-0.1, -0.05) is 141 Å². The van der Waals surface area contributed by atoms with Crippen molar-refractivity contribution in [3.05, 3.63) is 175 Å². The zero-order valence-electron chi connectivity index (χ0n) is 28.9. The van der Waals surface area contributed by atoms with Gasteiger partial charge in [0.25, 0.3) is 0 Å². The standard InChI is InChI=1S/C49H33NS2/c1-49(2)39-19-8-5-16-34(39)38-29-31(26-28-40(38)49)32-14-6-9-20-41(32)50(42-21-12-24-45-46(42)37-17-7-10-23-44(37)51-45)43-22-11-18-35-36-27-25-30-13-3-4-15-33(30)47(36)52-48(35)43/h3-29H,1-2H3. The highest BCUT2D eigenvalue weighted by Gasteiger charge is 2.35. The lowest BCUT2D eigenvalue weighted by atomic mass is 9.82. The van der Waals surface area contributed by atoms with Crippen LogP contribution < -0.4 is 4.90 Å². The zero-order valence-corrected chi connectivity index (χ0v) is 30.5.